The Hall–Kier alpha value is -5.22. The Morgan fingerprint density at radius 1 is 0.622 bits per heavy atom. The van der Waals surface area contributed by atoms with Crippen LogP contribution in [0.2, 0.25) is 0 Å². The number of para-hydroxylation sites is 1. The van der Waals surface area contributed by atoms with Crippen LogP contribution in [0.5, 0.6) is 5.75 Å². The summed E-state index contributed by atoms with van der Waals surface area (Å²) in [5, 5.41) is 12.1. The van der Waals surface area contributed by atoms with Crippen LogP contribution in [-0.4, -0.2) is 15.1 Å². The van der Waals surface area contributed by atoms with Gasteiger partial charge in [-0.1, -0.05) is 81.4 Å². The van der Waals surface area contributed by atoms with Crippen LogP contribution in [0.25, 0.3) is 66.8 Å². The van der Waals surface area contributed by atoms with Gasteiger partial charge in [0.15, 0.2) is 5.58 Å². The summed E-state index contributed by atoms with van der Waals surface area (Å²) in [6, 6.07) is 33.3. The molecule has 0 aliphatic heterocycles. The number of aryl methyl sites for hydroxylation is 3. The predicted molar refractivity (Wildman–Crippen MR) is 186 cm³/mol. The first kappa shape index (κ1) is 28.5. The molecule has 2 heterocycles. The molecule has 222 valence electrons. The molecular formula is C41H36N2O2. The van der Waals surface area contributed by atoms with Crippen LogP contribution in [-0.2, 0) is 5.41 Å². The van der Waals surface area contributed by atoms with Gasteiger partial charge in [0.05, 0.1) is 11.1 Å². The third kappa shape index (κ3) is 5.06. The predicted octanol–water partition coefficient (Wildman–Crippen LogP) is 11.0. The van der Waals surface area contributed by atoms with Crippen LogP contribution >= 0.6 is 0 Å². The van der Waals surface area contributed by atoms with Crippen LogP contribution in [0, 0.1) is 20.8 Å². The molecule has 0 radical (unpaired) electrons. The van der Waals surface area contributed by atoms with E-state index in [1.807, 2.05) is 18.3 Å². The van der Waals surface area contributed by atoms with E-state index in [2.05, 4.69) is 120 Å². The minimum atomic E-state index is -0.0927. The highest BCUT2D eigenvalue weighted by Gasteiger charge is 2.22. The van der Waals surface area contributed by atoms with Crippen molar-refractivity contribution in [2.45, 2.75) is 47.0 Å². The molecular weight excluding hydrogens is 552 g/mol. The zero-order valence-corrected chi connectivity index (χ0v) is 26.6. The highest BCUT2D eigenvalue weighted by atomic mass is 16.3. The van der Waals surface area contributed by atoms with Gasteiger partial charge in [-0.2, -0.15) is 0 Å². The summed E-state index contributed by atoms with van der Waals surface area (Å²) in [6.45, 7) is 12.9. The number of hydrogen-bond donors (Lipinski definition) is 1. The second kappa shape index (κ2) is 10.7. The maximum Gasteiger partial charge on any atom is 0.231 e. The summed E-state index contributed by atoms with van der Waals surface area (Å²) in [6.07, 6.45) is 1.88. The van der Waals surface area contributed by atoms with E-state index in [1.165, 1.54) is 22.3 Å². The molecule has 0 saturated carbocycles. The Labute approximate surface area is 264 Å². The van der Waals surface area contributed by atoms with Gasteiger partial charge in [0.1, 0.15) is 11.3 Å². The average Bonchev–Trinajstić information content (AvgIpc) is 3.44. The van der Waals surface area contributed by atoms with Crippen LogP contribution < -0.4 is 0 Å². The molecule has 4 heteroatoms. The maximum absolute atomic E-state index is 10.9. The largest absolute Gasteiger partial charge is 0.507 e. The Bertz CT molecular complexity index is 2230. The molecule has 7 aromatic rings. The average molecular weight is 589 g/mol. The smallest absolute Gasteiger partial charge is 0.231 e. The number of phenols is 1. The summed E-state index contributed by atoms with van der Waals surface area (Å²) < 4.78 is 6.51. The SMILES string of the molecule is Cc1cccc(C)c1-c1cc(-c2cccc(-c3cccc4c(C)ccnc34)c2)c2nc(-c3cc(C(C)(C)C)ccc3O)oc2c1. The molecule has 45 heavy (non-hydrogen) atoms. The van der Waals surface area contributed by atoms with E-state index in [0.717, 1.165) is 49.8 Å². The second-order valence-electron chi connectivity index (χ2n) is 13.0. The molecule has 7 rings (SSSR count). The van der Waals surface area contributed by atoms with Crippen molar-refractivity contribution in [1.82, 2.24) is 9.97 Å². The van der Waals surface area contributed by atoms with Gasteiger partial charge >= 0.3 is 0 Å². The lowest BCUT2D eigenvalue weighted by molar-refractivity contribution is 0.473. The lowest BCUT2D eigenvalue weighted by Gasteiger charge is -2.19. The fraction of sp³-hybridized carbons (Fsp3) is 0.171. The summed E-state index contributed by atoms with van der Waals surface area (Å²) in [5.74, 6) is 0.546. The number of oxazole rings is 1. The lowest BCUT2D eigenvalue weighted by atomic mass is 9.86. The van der Waals surface area contributed by atoms with Gasteiger partial charge in [0, 0.05) is 22.7 Å². The molecule has 0 aliphatic carbocycles. The van der Waals surface area contributed by atoms with Crippen molar-refractivity contribution in [3.63, 3.8) is 0 Å². The van der Waals surface area contributed by atoms with Crippen LogP contribution in [0.3, 0.4) is 0 Å². The van der Waals surface area contributed by atoms with Gasteiger partial charge in [-0.3, -0.25) is 4.98 Å². The van der Waals surface area contributed by atoms with Crippen molar-refractivity contribution >= 4 is 22.0 Å². The minimum absolute atomic E-state index is 0.0927. The first-order chi connectivity index (χ1) is 21.6. The Kier molecular flexibility index (Phi) is 6.81. The molecule has 5 aromatic carbocycles. The number of hydrogen-bond acceptors (Lipinski definition) is 4. The molecule has 1 N–H and O–H groups in total. The monoisotopic (exact) mass is 588 g/mol. The Morgan fingerprint density at radius 3 is 2.09 bits per heavy atom. The van der Waals surface area contributed by atoms with Crippen molar-refractivity contribution in [2.24, 2.45) is 0 Å². The number of fused-ring (bicyclic) bond motifs is 2. The van der Waals surface area contributed by atoms with Gasteiger partial charge in [-0.05, 0) is 107 Å². The van der Waals surface area contributed by atoms with Crippen LogP contribution in [0.15, 0.2) is 108 Å². The summed E-state index contributed by atoms with van der Waals surface area (Å²) in [7, 11) is 0. The third-order valence-electron chi connectivity index (χ3n) is 8.83. The van der Waals surface area contributed by atoms with E-state index >= 15 is 0 Å². The molecule has 2 aromatic heterocycles. The van der Waals surface area contributed by atoms with E-state index in [0.29, 0.717) is 17.0 Å². The minimum Gasteiger partial charge on any atom is -0.507 e. The number of pyridine rings is 1. The van der Waals surface area contributed by atoms with Crippen LogP contribution in [0.4, 0.5) is 0 Å². The molecule has 0 spiro atoms. The van der Waals surface area contributed by atoms with E-state index in [1.54, 1.807) is 6.07 Å². The molecule has 0 fully saturated rings. The summed E-state index contributed by atoms with van der Waals surface area (Å²) in [4.78, 5) is 9.81. The molecule has 0 atom stereocenters. The molecule has 0 amide bonds. The van der Waals surface area contributed by atoms with Gasteiger partial charge < -0.3 is 9.52 Å². The number of phenolic OH excluding ortho intramolecular Hbond substituents is 1. The number of rotatable bonds is 4. The van der Waals surface area contributed by atoms with E-state index in [9.17, 15) is 5.11 Å². The highest BCUT2D eigenvalue weighted by Crippen LogP contribution is 2.41. The second-order valence-corrected chi connectivity index (χ2v) is 13.0. The topological polar surface area (TPSA) is 59.2 Å². The van der Waals surface area contributed by atoms with E-state index in [-0.39, 0.29) is 11.2 Å². The van der Waals surface area contributed by atoms with Gasteiger partial charge in [-0.25, -0.2) is 4.98 Å². The number of nitrogens with zero attached hydrogens (tertiary/aromatic N) is 2. The Balaban J connectivity index is 1.47. The number of benzene rings is 5. The zero-order valence-electron chi connectivity index (χ0n) is 26.6. The quantitative estimate of drug-likeness (QED) is 0.222. The van der Waals surface area contributed by atoms with E-state index < -0.39 is 0 Å². The lowest BCUT2D eigenvalue weighted by Crippen LogP contribution is -2.10. The van der Waals surface area contributed by atoms with Gasteiger partial charge in [0.2, 0.25) is 5.89 Å². The summed E-state index contributed by atoms with van der Waals surface area (Å²) >= 11 is 0. The molecule has 4 nitrogen and oxygen atoms in total. The Morgan fingerprint density at radius 2 is 1.33 bits per heavy atom. The highest BCUT2D eigenvalue weighted by molar-refractivity contribution is 5.99. The standard InChI is InChI=1S/C41H36N2O2/c1-24-18-19-42-38-31(24)14-9-15-32(38)27-12-8-13-28(20-27)33-21-29(37-25(2)10-7-11-26(37)3)22-36-39(33)43-40(45-36)34-23-30(41(4,5)6)16-17-35(34)44/h7-23,44H,1-6H3. The fourth-order valence-corrected chi connectivity index (χ4v) is 6.35. The van der Waals surface area contributed by atoms with Crippen molar-refractivity contribution in [3.05, 3.63) is 126 Å². The first-order valence-corrected chi connectivity index (χ1v) is 15.4. The number of aromatic hydroxyl groups is 1. The van der Waals surface area contributed by atoms with Crippen LogP contribution in [0.1, 0.15) is 43.0 Å². The van der Waals surface area contributed by atoms with Crippen molar-refractivity contribution < 1.29 is 9.52 Å². The van der Waals surface area contributed by atoms with Gasteiger partial charge in [-0.15, -0.1) is 0 Å². The number of aromatic nitrogens is 2. The maximum atomic E-state index is 10.9. The molecule has 0 saturated heterocycles. The fourth-order valence-electron chi connectivity index (χ4n) is 6.35. The first-order valence-electron chi connectivity index (χ1n) is 15.4. The van der Waals surface area contributed by atoms with Crippen molar-refractivity contribution in [2.75, 3.05) is 0 Å². The molecule has 0 unspecified atom stereocenters. The zero-order chi connectivity index (χ0) is 31.5. The third-order valence-corrected chi connectivity index (χ3v) is 8.83. The van der Waals surface area contributed by atoms with Gasteiger partial charge in [0.25, 0.3) is 0 Å². The summed E-state index contributed by atoms with van der Waals surface area (Å²) in [5.41, 5.74) is 14.0. The van der Waals surface area contributed by atoms with E-state index in [4.69, 9.17) is 14.4 Å². The molecule has 0 aliphatic rings. The van der Waals surface area contributed by atoms with Crippen molar-refractivity contribution in [1.29, 1.82) is 0 Å². The normalized spacial score (nSPS) is 11.9. The molecule has 0 bridgehead atoms. The van der Waals surface area contributed by atoms with Crippen molar-refractivity contribution in [3.8, 4) is 50.6 Å².